The first-order valence-electron chi connectivity index (χ1n) is 8.29. The van der Waals surface area contributed by atoms with Crippen molar-refractivity contribution >= 4 is 22.6 Å². The summed E-state index contributed by atoms with van der Waals surface area (Å²) < 4.78 is 7.33. The Morgan fingerprint density at radius 1 is 1.12 bits per heavy atom. The second-order valence-corrected chi connectivity index (χ2v) is 7.06. The third kappa shape index (κ3) is 3.74. The van der Waals surface area contributed by atoms with Crippen molar-refractivity contribution in [3.05, 3.63) is 64.7 Å². The van der Waals surface area contributed by atoms with E-state index in [1.165, 1.54) is 12.1 Å². The lowest BCUT2D eigenvalue weighted by Gasteiger charge is -2.20. The normalized spacial score (nSPS) is 11.5. The predicted molar refractivity (Wildman–Crippen MR) is 99.9 cm³/mol. The first-order chi connectivity index (χ1) is 12.2. The third-order valence-corrected chi connectivity index (χ3v) is 3.89. The van der Waals surface area contributed by atoms with E-state index in [9.17, 15) is 14.9 Å². The summed E-state index contributed by atoms with van der Waals surface area (Å²) in [5.41, 5.74) is 1.99. The van der Waals surface area contributed by atoms with Crippen molar-refractivity contribution in [3.63, 3.8) is 0 Å². The summed E-state index contributed by atoms with van der Waals surface area (Å²) in [5, 5.41) is 11.9. The van der Waals surface area contributed by atoms with Gasteiger partial charge >= 0.3 is 5.97 Å². The number of nitrogens with zero attached hydrogens (tertiary/aromatic N) is 2. The zero-order valence-electron chi connectivity index (χ0n) is 14.9. The molecule has 0 radical (unpaired) electrons. The monoisotopic (exact) mass is 352 g/mol. The van der Waals surface area contributed by atoms with Gasteiger partial charge in [0.05, 0.1) is 4.92 Å². The van der Waals surface area contributed by atoms with Crippen LogP contribution in [0.15, 0.2) is 54.6 Å². The summed E-state index contributed by atoms with van der Waals surface area (Å²) >= 11 is 0. The highest BCUT2D eigenvalue weighted by Crippen LogP contribution is 2.29. The fraction of sp³-hybridized carbons (Fsp3) is 0.250. The van der Waals surface area contributed by atoms with Gasteiger partial charge in [-0.2, -0.15) is 0 Å². The Morgan fingerprint density at radius 3 is 2.38 bits per heavy atom. The molecule has 6 heteroatoms. The summed E-state index contributed by atoms with van der Waals surface area (Å²) in [7, 11) is 0. The Kier molecular flexibility index (Phi) is 4.50. The van der Waals surface area contributed by atoms with Gasteiger partial charge in [0.25, 0.3) is 5.69 Å². The summed E-state index contributed by atoms with van der Waals surface area (Å²) in [6, 6.07) is 16.0. The van der Waals surface area contributed by atoms with Gasteiger partial charge in [-0.1, -0.05) is 18.2 Å². The molecule has 0 N–H and O–H groups in total. The first-order valence-corrected chi connectivity index (χ1v) is 8.29. The van der Waals surface area contributed by atoms with Gasteiger partial charge < -0.3 is 9.30 Å². The third-order valence-electron chi connectivity index (χ3n) is 3.89. The number of carbonyl (C=O) groups excluding carboxylic acids is 1. The molecule has 0 spiro atoms. The maximum atomic E-state index is 12.4. The van der Waals surface area contributed by atoms with Crippen LogP contribution in [0.3, 0.4) is 0 Å². The van der Waals surface area contributed by atoms with Crippen molar-refractivity contribution in [2.24, 2.45) is 0 Å². The van der Waals surface area contributed by atoms with Crippen LogP contribution < -0.4 is 0 Å². The molecule has 0 aliphatic carbocycles. The molecule has 0 atom stereocenters. The van der Waals surface area contributed by atoms with Crippen LogP contribution in [-0.2, 0) is 16.1 Å². The van der Waals surface area contributed by atoms with E-state index in [4.69, 9.17) is 4.74 Å². The number of nitro groups is 1. The number of carbonyl (C=O) groups is 1. The molecule has 134 valence electrons. The highest BCUT2D eigenvalue weighted by atomic mass is 16.6. The summed E-state index contributed by atoms with van der Waals surface area (Å²) in [5.74, 6) is -0.331. The van der Waals surface area contributed by atoms with Gasteiger partial charge in [0, 0.05) is 28.7 Å². The van der Waals surface area contributed by atoms with Gasteiger partial charge in [-0.05, 0) is 50.6 Å². The first kappa shape index (κ1) is 17.7. The maximum absolute atomic E-state index is 12.4. The molecule has 3 rings (SSSR count). The minimum atomic E-state index is -0.562. The molecule has 0 aliphatic rings. The van der Waals surface area contributed by atoms with Crippen LogP contribution in [0.5, 0.6) is 0 Å². The molecular weight excluding hydrogens is 332 g/mol. The number of non-ortho nitro benzene ring substituents is 1. The van der Waals surface area contributed by atoms with E-state index in [0.29, 0.717) is 0 Å². The number of para-hydroxylation sites is 1. The molecule has 0 unspecified atom stereocenters. The molecular formula is C20H20N2O4. The Bertz CT molecular complexity index is 966. The minimum absolute atomic E-state index is 0.0311. The molecule has 0 aliphatic heterocycles. The Labute approximate surface area is 151 Å². The lowest BCUT2D eigenvalue weighted by molar-refractivity contribution is -0.384. The predicted octanol–water partition coefficient (Wildman–Crippen LogP) is 4.56. The van der Waals surface area contributed by atoms with Crippen LogP contribution in [0, 0.1) is 10.1 Å². The van der Waals surface area contributed by atoms with E-state index in [1.54, 1.807) is 12.1 Å². The minimum Gasteiger partial charge on any atom is -0.459 e. The Morgan fingerprint density at radius 2 is 1.77 bits per heavy atom. The van der Waals surface area contributed by atoms with E-state index in [0.717, 1.165) is 22.2 Å². The summed E-state index contributed by atoms with van der Waals surface area (Å²) in [4.78, 5) is 22.8. The average molecular weight is 352 g/mol. The number of hydrogen-bond acceptors (Lipinski definition) is 4. The van der Waals surface area contributed by atoms with E-state index in [2.05, 4.69) is 0 Å². The number of rotatable bonds is 4. The molecule has 0 fully saturated rings. The van der Waals surface area contributed by atoms with Gasteiger partial charge in [-0.25, -0.2) is 0 Å². The molecule has 0 amide bonds. The summed E-state index contributed by atoms with van der Waals surface area (Å²) in [6.07, 6.45) is 0. The van der Waals surface area contributed by atoms with E-state index >= 15 is 0 Å². The van der Waals surface area contributed by atoms with Gasteiger partial charge in [0.2, 0.25) is 0 Å². The SMILES string of the molecule is CC(C)(C)OC(=O)Cn1c(-c2ccc([N+](=O)[O-])cc2)cc2ccccc21. The van der Waals surface area contributed by atoms with Crippen molar-refractivity contribution in [2.75, 3.05) is 0 Å². The maximum Gasteiger partial charge on any atom is 0.326 e. The lowest BCUT2D eigenvalue weighted by Crippen LogP contribution is -2.26. The Hall–Kier alpha value is -3.15. The largest absolute Gasteiger partial charge is 0.459 e. The molecule has 1 aromatic heterocycles. The highest BCUT2D eigenvalue weighted by molar-refractivity contribution is 5.88. The van der Waals surface area contributed by atoms with Gasteiger partial charge in [-0.15, -0.1) is 0 Å². The van der Waals surface area contributed by atoms with E-state index in [1.807, 2.05) is 55.7 Å². The number of hydrogen-bond donors (Lipinski definition) is 0. The molecule has 1 heterocycles. The van der Waals surface area contributed by atoms with Crippen LogP contribution in [0.1, 0.15) is 20.8 Å². The van der Waals surface area contributed by atoms with Crippen LogP contribution in [0.2, 0.25) is 0 Å². The number of esters is 1. The number of aromatic nitrogens is 1. The van der Waals surface area contributed by atoms with Gasteiger partial charge in [0.15, 0.2) is 0 Å². The fourth-order valence-electron chi connectivity index (χ4n) is 2.88. The molecule has 0 saturated carbocycles. The molecule has 0 saturated heterocycles. The lowest BCUT2D eigenvalue weighted by atomic mass is 10.1. The Balaban J connectivity index is 2.04. The standard InChI is InChI=1S/C20H20N2O4/c1-20(2,3)26-19(23)13-21-17-7-5-4-6-15(17)12-18(21)14-8-10-16(11-9-14)22(24)25/h4-12H,13H2,1-3H3. The molecule has 0 bridgehead atoms. The van der Waals surface area contributed by atoms with Crippen molar-refractivity contribution in [2.45, 2.75) is 32.9 Å². The number of nitro benzene ring substituents is 1. The van der Waals surface area contributed by atoms with Crippen molar-refractivity contribution in [1.29, 1.82) is 0 Å². The zero-order chi connectivity index (χ0) is 18.9. The zero-order valence-corrected chi connectivity index (χ0v) is 14.9. The average Bonchev–Trinajstić information content (AvgIpc) is 2.92. The smallest absolute Gasteiger partial charge is 0.326 e. The quantitative estimate of drug-likeness (QED) is 0.392. The molecule has 26 heavy (non-hydrogen) atoms. The molecule has 3 aromatic rings. The summed E-state index contributed by atoms with van der Waals surface area (Å²) in [6.45, 7) is 5.55. The van der Waals surface area contributed by atoms with Crippen molar-refractivity contribution in [3.8, 4) is 11.3 Å². The van der Waals surface area contributed by atoms with Gasteiger partial charge in [-0.3, -0.25) is 14.9 Å². The molecule has 2 aromatic carbocycles. The van der Waals surface area contributed by atoms with Crippen LogP contribution in [0.4, 0.5) is 5.69 Å². The van der Waals surface area contributed by atoms with E-state index in [-0.39, 0.29) is 18.2 Å². The fourth-order valence-corrected chi connectivity index (χ4v) is 2.88. The topological polar surface area (TPSA) is 74.4 Å². The molecule has 6 nitrogen and oxygen atoms in total. The number of ether oxygens (including phenoxy) is 1. The van der Waals surface area contributed by atoms with Crippen LogP contribution >= 0.6 is 0 Å². The highest BCUT2D eigenvalue weighted by Gasteiger charge is 2.19. The van der Waals surface area contributed by atoms with Crippen molar-refractivity contribution in [1.82, 2.24) is 4.57 Å². The van der Waals surface area contributed by atoms with Gasteiger partial charge in [0.1, 0.15) is 12.1 Å². The van der Waals surface area contributed by atoms with Crippen LogP contribution in [-0.4, -0.2) is 21.1 Å². The van der Waals surface area contributed by atoms with E-state index < -0.39 is 10.5 Å². The van der Waals surface area contributed by atoms with Crippen molar-refractivity contribution < 1.29 is 14.5 Å². The van der Waals surface area contributed by atoms with Crippen LogP contribution in [0.25, 0.3) is 22.2 Å². The number of benzene rings is 2. The second kappa shape index (κ2) is 6.63. The number of fused-ring (bicyclic) bond motifs is 1. The second-order valence-electron chi connectivity index (χ2n) is 7.06.